The monoisotopic (exact) mass is 393 g/mol. The molecule has 5 atom stereocenters. The summed E-state index contributed by atoms with van der Waals surface area (Å²) in [5.74, 6) is -1.10. The van der Waals surface area contributed by atoms with Crippen molar-refractivity contribution in [2.75, 3.05) is 4.90 Å². The Bertz CT molecular complexity index is 736. The van der Waals surface area contributed by atoms with E-state index in [0.717, 1.165) is 29.3 Å². The third-order valence-electron chi connectivity index (χ3n) is 6.39. The van der Waals surface area contributed by atoms with Gasteiger partial charge in [0.25, 0.3) is 0 Å². The van der Waals surface area contributed by atoms with Crippen LogP contribution in [0.4, 0.5) is 5.69 Å². The molecule has 0 spiro atoms. The standard InChI is InChI=1S/C18H20BrNO4/c1-9-6-12(4-5-13(9)19)20-16(23)15-10-2-3-11(7-10)18(15,17(20)24)8-14(21)22/h4-6,10-11,15,17,24H,2-3,7-8H2,1H3,(H,21,22)/t10?,11?,15-,17?,18-/m0/s1. The smallest absolute Gasteiger partial charge is 0.304 e. The molecule has 3 aliphatic rings. The van der Waals surface area contributed by atoms with Crippen LogP contribution in [0.25, 0.3) is 0 Å². The highest BCUT2D eigenvalue weighted by molar-refractivity contribution is 9.10. The molecule has 2 N–H and O–H groups in total. The summed E-state index contributed by atoms with van der Waals surface area (Å²) >= 11 is 3.45. The molecule has 1 saturated heterocycles. The Morgan fingerprint density at radius 2 is 2.17 bits per heavy atom. The maximum absolute atomic E-state index is 13.1. The van der Waals surface area contributed by atoms with Gasteiger partial charge in [0.2, 0.25) is 5.91 Å². The van der Waals surface area contributed by atoms with E-state index in [9.17, 15) is 19.8 Å². The Hall–Kier alpha value is -1.40. The zero-order chi connectivity index (χ0) is 17.2. The highest BCUT2D eigenvalue weighted by atomic mass is 79.9. The minimum absolute atomic E-state index is 0.113. The van der Waals surface area contributed by atoms with Gasteiger partial charge in [-0.2, -0.15) is 0 Å². The Morgan fingerprint density at radius 1 is 1.42 bits per heavy atom. The number of aliphatic carboxylic acids is 1. The first-order chi connectivity index (χ1) is 11.4. The van der Waals surface area contributed by atoms with Gasteiger partial charge in [-0.25, -0.2) is 0 Å². The second-order valence-corrected chi connectivity index (χ2v) is 8.30. The van der Waals surface area contributed by atoms with Gasteiger partial charge in [-0.3, -0.25) is 14.5 Å². The van der Waals surface area contributed by atoms with Crippen LogP contribution in [0, 0.1) is 30.1 Å². The van der Waals surface area contributed by atoms with Crippen molar-refractivity contribution in [3.63, 3.8) is 0 Å². The number of rotatable bonds is 3. The van der Waals surface area contributed by atoms with E-state index >= 15 is 0 Å². The molecule has 2 bridgehead atoms. The number of nitrogens with zero attached hydrogens (tertiary/aromatic N) is 1. The predicted molar refractivity (Wildman–Crippen MR) is 91.4 cm³/mol. The summed E-state index contributed by atoms with van der Waals surface area (Å²) in [6.07, 6.45) is 1.53. The average Bonchev–Trinajstić information content (AvgIpc) is 3.15. The van der Waals surface area contributed by atoms with Gasteiger partial charge < -0.3 is 10.2 Å². The first-order valence-corrected chi connectivity index (χ1v) is 9.14. The first-order valence-electron chi connectivity index (χ1n) is 8.35. The average molecular weight is 394 g/mol. The lowest BCUT2D eigenvalue weighted by Gasteiger charge is -2.39. The number of benzene rings is 1. The molecule has 0 radical (unpaired) electrons. The fourth-order valence-corrected chi connectivity index (χ4v) is 5.72. The van der Waals surface area contributed by atoms with Crippen molar-refractivity contribution < 1.29 is 19.8 Å². The molecule has 4 rings (SSSR count). The van der Waals surface area contributed by atoms with E-state index in [1.807, 2.05) is 19.1 Å². The number of halogens is 1. The van der Waals surface area contributed by atoms with Gasteiger partial charge in [0.05, 0.1) is 12.3 Å². The zero-order valence-electron chi connectivity index (χ0n) is 13.4. The lowest BCUT2D eigenvalue weighted by atomic mass is 9.65. The van der Waals surface area contributed by atoms with Crippen LogP contribution in [0.2, 0.25) is 0 Å². The molecule has 2 saturated carbocycles. The van der Waals surface area contributed by atoms with Crippen molar-refractivity contribution in [2.24, 2.45) is 23.2 Å². The number of carbonyl (C=O) groups excluding carboxylic acids is 1. The van der Waals surface area contributed by atoms with Gasteiger partial charge in [-0.05, 0) is 61.8 Å². The van der Waals surface area contributed by atoms with E-state index in [1.54, 1.807) is 6.07 Å². The topological polar surface area (TPSA) is 77.8 Å². The van der Waals surface area contributed by atoms with Crippen LogP contribution in [0.3, 0.4) is 0 Å². The molecule has 5 nitrogen and oxygen atoms in total. The van der Waals surface area contributed by atoms with Crippen LogP contribution in [-0.4, -0.2) is 28.3 Å². The molecule has 128 valence electrons. The quantitative estimate of drug-likeness (QED) is 0.827. The molecule has 1 heterocycles. The Balaban J connectivity index is 1.80. The number of amides is 1. The normalized spacial score (nSPS) is 37.1. The summed E-state index contributed by atoms with van der Waals surface area (Å²) in [6.45, 7) is 1.93. The number of aryl methyl sites for hydroxylation is 1. The Kier molecular flexibility index (Phi) is 3.55. The van der Waals surface area contributed by atoms with Gasteiger partial charge in [0, 0.05) is 15.6 Å². The number of aliphatic hydroxyl groups is 1. The second-order valence-electron chi connectivity index (χ2n) is 7.45. The molecule has 1 aromatic rings. The molecule has 1 aromatic carbocycles. The van der Waals surface area contributed by atoms with Crippen LogP contribution in [0.5, 0.6) is 0 Å². The van der Waals surface area contributed by atoms with Crippen molar-refractivity contribution in [2.45, 2.75) is 38.8 Å². The van der Waals surface area contributed by atoms with Crippen LogP contribution < -0.4 is 4.90 Å². The van der Waals surface area contributed by atoms with Crippen molar-refractivity contribution in [1.82, 2.24) is 0 Å². The largest absolute Gasteiger partial charge is 0.481 e. The SMILES string of the molecule is Cc1cc(N2C(=O)[C@@H]3C4CCC(C4)[C@]3(CC(=O)O)C2O)ccc1Br. The Morgan fingerprint density at radius 3 is 2.83 bits per heavy atom. The van der Waals surface area contributed by atoms with Crippen molar-refractivity contribution in [3.05, 3.63) is 28.2 Å². The number of carboxylic acid groups (broad SMARTS) is 1. The third-order valence-corrected chi connectivity index (χ3v) is 7.28. The maximum atomic E-state index is 13.1. The van der Waals surface area contributed by atoms with Crippen molar-refractivity contribution in [1.29, 1.82) is 0 Å². The van der Waals surface area contributed by atoms with E-state index < -0.39 is 17.6 Å². The predicted octanol–water partition coefficient (Wildman–Crippen LogP) is 2.93. The summed E-state index contributed by atoms with van der Waals surface area (Å²) in [5, 5.41) is 20.5. The van der Waals surface area contributed by atoms with E-state index in [4.69, 9.17) is 0 Å². The summed E-state index contributed by atoms with van der Waals surface area (Å²) in [6, 6.07) is 5.52. The van der Waals surface area contributed by atoms with Crippen LogP contribution in [0.1, 0.15) is 31.2 Å². The number of carboxylic acids is 1. The molecule has 1 aliphatic heterocycles. The third kappa shape index (κ3) is 1.96. The van der Waals surface area contributed by atoms with Crippen molar-refractivity contribution in [3.8, 4) is 0 Å². The lowest BCUT2D eigenvalue weighted by molar-refractivity contribution is -0.145. The molecule has 2 aliphatic carbocycles. The summed E-state index contributed by atoms with van der Waals surface area (Å²) in [7, 11) is 0. The molecule has 3 unspecified atom stereocenters. The minimum Gasteiger partial charge on any atom is -0.481 e. The molecule has 0 aromatic heterocycles. The highest BCUT2D eigenvalue weighted by Crippen LogP contribution is 2.66. The fourth-order valence-electron chi connectivity index (χ4n) is 5.47. The molecular formula is C18H20BrNO4. The molecule has 24 heavy (non-hydrogen) atoms. The van der Waals surface area contributed by atoms with E-state index in [-0.39, 0.29) is 30.1 Å². The van der Waals surface area contributed by atoms with Crippen LogP contribution in [0.15, 0.2) is 22.7 Å². The number of hydrogen-bond acceptors (Lipinski definition) is 3. The molecule has 6 heteroatoms. The number of fused-ring (bicyclic) bond motifs is 5. The fraction of sp³-hybridized carbons (Fsp3) is 0.556. The van der Waals surface area contributed by atoms with Gasteiger partial charge in [-0.1, -0.05) is 15.9 Å². The highest BCUT2D eigenvalue weighted by Gasteiger charge is 2.70. The minimum atomic E-state index is -1.07. The first kappa shape index (κ1) is 16.1. The Labute approximate surface area is 148 Å². The number of carbonyl (C=O) groups is 2. The summed E-state index contributed by atoms with van der Waals surface area (Å²) < 4.78 is 0.938. The number of aliphatic hydroxyl groups excluding tert-OH is 1. The van der Waals surface area contributed by atoms with Gasteiger partial charge in [0.15, 0.2) is 0 Å². The zero-order valence-corrected chi connectivity index (χ0v) is 15.0. The van der Waals surface area contributed by atoms with Gasteiger partial charge in [0.1, 0.15) is 6.23 Å². The van der Waals surface area contributed by atoms with Crippen molar-refractivity contribution >= 4 is 33.5 Å². The summed E-state index contributed by atoms with van der Waals surface area (Å²) in [5.41, 5.74) is 0.777. The van der Waals surface area contributed by atoms with Gasteiger partial charge >= 0.3 is 5.97 Å². The van der Waals surface area contributed by atoms with E-state index in [0.29, 0.717) is 5.69 Å². The summed E-state index contributed by atoms with van der Waals surface area (Å²) in [4.78, 5) is 26.1. The number of hydrogen-bond donors (Lipinski definition) is 2. The van der Waals surface area contributed by atoms with E-state index in [2.05, 4.69) is 15.9 Å². The van der Waals surface area contributed by atoms with Crippen LogP contribution in [-0.2, 0) is 9.59 Å². The second kappa shape index (κ2) is 5.30. The van der Waals surface area contributed by atoms with Crippen LogP contribution >= 0.6 is 15.9 Å². The maximum Gasteiger partial charge on any atom is 0.304 e. The number of anilines is 1. The lowest BCUT2D eigenvalue weighted by Crippen LogP contribution is -2.46. The molecule has 3 fully saturated rings. The molecular weight excluding hydrogens is 374 g/mol. The van der Waals surface area contributed by atoms with Gasteiger partial charge in [-0.15, -0.1) is 0 Å². The van der Waals surface area contributed by atoms with E-state index in [1.165, 1.54) is 4.90 Å². The molecule has 1 amide bonds.